The third-order valence-electron chi connectivity index (χ3n) is 4.26. The Labute approximate surface area is 194 Å². The van der Waals surface area contributed by atoms with E-state index in [1.54, 1.807) is 6.92 Å². The highest BCUT2D eigenvalue weighted by molar-refractivity contribution is 7.99. The van der Waals surface area contributed by atoms with E-state index in [-0.39, 0.29) is 40.8 Å². The molecule has 0 fully saturated rings. The third-order valence-corrected chi connectivity index (χ3v) is 5.56. The minimum atomic E-state index is -3.04. The van der Waals surface area contributed by atoms with Crippen LogP contribution in [0.4, 0.5) is 29.6 Å². The van der Waals surface area contributed by atoms with E-state index in [0.29, 0.717) is 0 Å². The number of benzene rings is 2. The van der Waals surface area contributed by atoms with Crippen LogP contribution in [0.2, 0.25) is 0 Å². The largest absolute Gasteiger partial charge is 0.496 e. The van der Waals surface area contributed by atoms with E-state index in [4.69, 9.17) is 9.47 Å². The summed E-state index contributed by atoms with van der Waals surface area (Å²) in [5.41, 5.74) is 0.388. The van der Waals surface area contributed by atoms with Crippen molar-refractivity contribution in [3.8, 4) is 17.0 Å². The predicted octanol–water partition coefficient (Wildman–Crippen LogP) is 4.04. The van der Waals surface area contributed by atoms with Gasteiger partial charge in [-0.05, 0) is 42.8 Å². The SMILES string of the molecule is CCOC(=O)NS(C)(=O)=Cc1cc(F)cc(Nc2ncc(F)c(-c3ccc(F)cc3OC)n2)c1. The zero-order valence-corrected chi connectivity index (χ0v) is 19.2. The highest BCUT2D eigenvalue weighted by Crippen LogP contribution is 2.31. The van der Waals surface area contributed by atoms with E-state index in [9.17, 15) is 22.2 Å². The molecule has 12 heteroatoms. The number of carbonyl (C=O) groups excluding carboxylic acids is 1. The lowest BCUT2D eigenvalue weighted by molar-refractivity contribution is 0.159. The standard InChI is InChI=1S/C22H21F3N4O4S/c1-4-33-22(30)29-34(3,31)12-13-7-15(24)9-16(8-13)27-21-26-11-18(25)20(28-21)17-6-5-14(23)10-19(17)32-2/h5-12H,4H2,1-3H3,(H,26,27,28)(H,29,30,31). The zero-order chi connectivity index (χ0) is 24.9. The van der Waals surface area contributed by atoms with E-state index in [1.807, 2.05) is 0 Å². The molecular formula is C22H21F3N4O4S. The summed E-state index contributed by atoms with van der Waals surface area (Å²) >= 11 is 0. The van der Waals surface area contributed by atoms with Gasteiger partial charge in [0.05, 0.1) is 29.6 Å². The van der Waals surface area contributed by atoms with Crippen molar-refractivity contribution in [3.63, 3.8) is 0 Å². The van der Waals surface area contributed by atoms with Crippen LogP contribution in [0.5, 0.6) is 5.75 Å². The second kappa shape index (κ2) is 10.4. The van der Waals surface area contributed by atoms with Crippen LogP contribution >= 0.6 is 0 Å². The Bertz CT molecular complexity index is 1340. The monoisotopic (exact) mass is 494 g/mol. The Hall–Kier alpha value is -3.80. The Morgan fingerprint density at radius 3 is 2.62 bits per heavy atom. The lowest BCUT2D eigenvalue weighted by Crippen LogP contribution is -2.31. The van der Waals surface area contributed by atoms with Crippen LogP contribution in [0, 0.1) is 17.5 Å². The molecule has 0 aliphatic rings. The van der Waals surface area contributed by atoms with Gasteiger partial charge in [-0.2, -0.15) is 0 Å². The topological polar surface area (TPSA) is 102 Å². The highest BCUT2D eigenvalue weighted by Gasteiger charge is 2.16. The van der Waals surface area contributed by atoms with E-state index in [0.717, 1.165) is 30.5 Å². The Morgan fingerprint density at radius 1 is 1.15 bits per heavy atom. The summed E-state index contributed by atoms with van der Waals surface area (Å²) in [7, 11) is -1.73. The second-order valence-corrected chi connectivity index (χ2v) is 9.22. The fraction of sp³-hybridized carbons (Fsp3) is 0.182. The lowest BCUT2D eigenvalue weighted by atomic mass is 10.1. The second-order valence-electron chi connectivity index (χ2n) is 6.98. The molecule has 1 heterocycles. The van der Waals surface area contributed by atoms with Crippen LogP contribution in [-0.2, 0) is 14.4 Å². The summed E-state index contributed by atoms with van der Waals surface area (Å²) in [6, 6.07) is 7.20. The molecule has 8 nitrogen and oxygen atoms in total. The first kappa shape index (κ1) is 24.8. The van der Waals surface area contributed by atoms with Gasteiger partial charge in [0.1, 0.15) is 23.1 Å². The quantitative estimate of drug-likeness (QED) is 0.478. The number of nitrogens with zero attached hydrogens (tertiary/aromatic N) is 2. The van der Waals surface area contributed by atoms with Crippen molar-refractivity contribution < 1.29 is 31.6 Å². The fourth-order valence-electron chi connectivity index (χ4n) is 2.97. The first-order valence-electron chi connectivity index (χ1n) is 9.82. The van der Waals surface area contributed by atoms with Crippen molar-refractivity contribution in [2.75, 3.05) is 25.3 Å². The van der Waals surface area contributed by atoms with Crippen LogP contribution < -0.4 is 14.8 Å². The average Bonchev–Trinajstić information content (AvgIpc) is 2.74. The van der Waals surface area contributed by atoms with Gasteiger partial charge in [0.2, 0.25) is 5.95 Å². The number of methoxy groups -OCH3 is 1. The molecule has 2 N–H and O–H groups in total. The molecule has 0 bridgehead atoms. The Kier molecular flexibility index (Phi) is 7.61. The number of hydrogen-bond donors (Lipinski definition) is 2. The predicted molar refractivity (Wildman–Crippen MR) is 123 cm³/mol. The molecule has 1 amide bonds. The maximum absolute atomic E-state index is 14.4. The summed E-state index contributed by atoms with van der Waals surface area (Å²) in [5, 5.41) is 3.93. The number of nitrogens with one attached hydrogen (secondary N) is 2. The smallest absolute Gasteiger partial charge is 0.418 e. The van der Waals surface area contributed by atoms with Crippen molar-refractivity contribution in [3.05, 3.63) is 65.6 Å². The van der Waals surface area contributed by atoms with Crippen molar-refractivity contribution in [2.45, 2.75) is 6.92 Å². The van der Waals surface area contributed by atoms with Gasteiger partial charge in [0.15, 0.2) is 5.82 Å². The van der Waals surface area contributed by atoms with E-state index < -0.39 is 33.3 Å². The molecular weight excluding hydrogens is 473 g/mol. The van der Waals surface area contributed by atoms with E-state index >= 15 is 0 Å². The van der Waals surface area contributed by atoms with Crippen molar-refractivity contribution >= 4 is 32.8 Å². The van der Waals surface area contributed by atoms with E-state index in [1.165, 1.54) is 30.9 Å². The maximum Gasteiger partial charge on any atom is 0.418 e. The van der Waals surface area contributed by atoms with E-state index in [2.05, 4.69) is 20.0 Å². The van der Waals surface area contributed by atoms with Crippen LogP contribution in [0.15, 0.2) is 42.6 Å². The third kappa shape index (κ3) is 6.38. The molecule has 34 heavy (non-hydrogen) atoms. The molecule has 2 aromatic carbocycles. The number of anilines is 2. The maximum atomic E-state index is 14.4. The molecule has 0 saturated heterocycles. The number of ether oxygens (including phenoxy) is 2. The molecule has 1 atom stereocenters. The number of rotatable bonds is 7. The van der Waals surface area contributed by atoms with Crippen molar-refractivity contribution in [1.29, 1.82) is 0 Å². The van der Waals surface area contributed by atoms with Crippen LogP contribution in [0.1, 0.15) is 12.5 Å². The number of carbonyl (C=O) groups is 1. The van der Waals surface area contributed by atoms with Gasteiger partial charge < -0.3 is 14.8 Å². The zero-order valence-electron chi connectivity index (χ0n) is 18.4. The van der Waals surface area contributed by atoms with Gasteiger partial charge in [-0.1, -0.05) is 0 Å². The van der Waals surface area contributed by atoms with Crippen LogP contribution in [-0.4, -0.2) is 45.6 Å². The van der Waals surface area contributed by atoms with Crippen LogP contribution in [0.3, 0.4) is 0 Å². The van der Waals surface area contributed by atoms with Gasteiger partial charge in [-0.15, -0.1) is 0 Å². The molecule has 180 valence electrons. The van der Waals surface area contributed by atoms with Gasteiger partial charge in [-0.25, -0.2) is 36.9 Å². The van der Waals surface area contributed by atoms with Gasteiger partial charge in [0, 0.05) is 28.9 Å². The molecule has 3 rings (SSSR count). The molecule has 1 aromatic heterocycles. The minimum Gasteiger partial charge on any atom is -0.496 e. The van der Waals surface area contributed by atoms with Gasteiger partial charge in [-0.3, -0.25) is 0 Å². The van der Waals surface area contributed by atoms with Gasteiger partial charge >= 0.3 is 6.09 Å². The Balaban J connectivity index is 1.93. The summed E-state index contributed by atoms with van der Waals surface area (Å²) in [4.78, 5) is 19.5. The number of amides is 1. The number of halogens is 3. The average molecular weight is 494 g/mol. The molecule has 3 aromatic rings. The summed E-state index contributed by atoms with van der Waals surface area (Å²) in [6.07, 6.45) is 1.29. The van der Waals surface area contributed by atoms with Crippen molar-refractivity contribution in [2.24, 2.45) is 0 Å². The Morgan fingerprint density at radius 2 is 1.91 bits per heavy atom. The van der Waals surface area contributed by atoms with Crippen molar-refractivity contribution in [1.82, 2.24) is 14.7 Å². The summed E-state index contributed by atoms with van der Waals surface area (Å²) in [6.45, 7) is 1.69. The molecule has 0 spiro atoms. The normalized spacial score (nSPS) is 12.4. The van der Waals surface area contributed by atoms with Crippen LogP contribution in [0.25, 0.3) is 11.3 Å². The highest BCUT2D eigenvalue weighted by atomic mass is 32.2. The number of aromatic nitrogens is 2. The molecule has 0 aliphatic carbocycles. The van der Waals surface area contributed by atoms with Gasteiger partial charge in [0.25, 0.3) is 0 Å². The lowest BCUT2D eigenvalue weighted by Gasteiger charge is -2.12. The molecule has 0 radical (unpaired) electrons. The summed E-state index contributed by atoms with van der Waals surface area (Å²) in [5.74, 6) is -2.04. The first-order valence-corrected chi connectivity index (χ1v) is 11.9. The first-order chi connectivity index (χ1) is 16.1. The molecule has 0 saturated carbocycles. The molecule has 0 aliphatic heterocycles. The minimum absolute atomic E-state index is 0.0676. The molecule has 1 unspecified atom stereocenters. The number of hydrogen-bond acceptors (Lipinski definition) is 7. The summed E-state index contributed by atoms with van der Waals surface area (Å²) < 4.78 is 66.8. The fourth-order valence-corrected chi connectivity index (χ4v) is 4.08.